The highest BCUT2D eigenvalue weighted by atomic mass is 16.1. The molecule has 0 spiro atoms. The number of nitrogens with zero attached hydrogens (tertiary/aromatic N) is 2. The topological polar surface area (TPSA) is 32.7 Å². The molecule has 0 aromatic rings. The van der Waals surface area contributed by atoms with Gasteiger partial charge in [-0.1, -0.05) is 13.8 Å². The van der Waals surface area contributed by atoms with Crippen molar-refractivity contribution >= 4 is 11.5 Å². The molecule has 2 rings (SSSR count). The van der Waals surface area contributed by atoms with Gasteiger partial charge < -0.3 is 0 Å². The average molecular weight is 234 g/mol. The molecule has 0 saturated carbocycles. The number of ketones is 1. The molecule has 3 heteroatoms. The predicted octanol–water partition coefficient (Wildman–Crippen LogP) is 3.12. The van der Waals surface area contributed by atoms with E-state index in [0.29, 0.717) is 6.42 Å². The van der Waals surface area contributed by atoms with Gasteiger partial charge in [0, 0.05) is 30.3 Å². The number of hydrogen-bond acceptors (Lipinski definition) is 3. The Morgan fingerprint density at radius 3 is 2.29 bits per heavy atom. The van der Waals surface area contributed by atoms with E-state index >= 15 is 0 Å². The predicted molar refractivity (Wildman–Crippen MR) is 69.7 cm³/mol. The summed E-state index contributed by atoms with van der Waals surface area (Å²) >= 11 is 0. The third-order valence-corrected chi connectivity index (χ3v) is 3.44. The van der Waals surface area contributed by atoms with Crippen LogP contribution in [0.25, 0.3) is 0 Å². The van der Waals surface area contributed by atoms with E-state index in [0.717, 1.165) is 24.3 Å². The molecule has 1 aliphatic carbocycles. The molecule has 0 aromatic heterocycles. The maximum Gasteiger partial charge on any atom is 0.158 e. The normalized spacial score (nSPS) is 26.9. The molecule has 0 saturated heterocycles. The summed E-state index contributed by atoms with van der Waals surface area (Å²) in [5.74, 6) is 0.229. The zero-order valence-electron chi connectivity index (χ0n) is 11.5. The third kappa shape index (κ3) is 2.43. The Labute approximate surface area is 104 Å². The minimum Gasteiger partial charge on any atom is -0.295 e. The molecule has 0 fully saturated rings. The lowest BCUT2D eigenvalue weighted by atomic mass is 9.78. The van der Waals surface area contributed by atoms with E-state index < -0.39 is 0 Å². The van der Waals surface area contributed by atoms with Crippen LogP contribution in [0.5, 0.6) is 0 Å². The van der Waals surface area contributed by atoms with Crippen molar-refractivity contribution in [2.45, 2.75) is 59.4 Å². The lowest BCUT2D eigenvalue weighted by molar-refractivity contribution is -0.117. The van der Waals surface area contributed by atoms with Gasteiger partial charge in [0.25, 0.3) is 0 Å². The molecule has 0 N–H and O–H groups in total. The highest BCUT2D eigenvalue weighted by Gasteiger charge is 2.38. The Bertz CT molecular complexity index is 416. The first-order valence-electron chi connectivity index (χ1n) is 6.27. The molecular weight excluding hydrogens is 212 g/mol. The SMILES string of the molecule is CC1=NN(C2=CC(=O)CC(C)(C)C2)C(C)(C)C1. The summed E-state index contributed by atoms with van der Waals surface area (Å²) in [6.45, 7) is 10.7. The van der Waals surface area contributed by atoms with Crippen LogP contribution in [0, 0.1) is 5.41 Å². The van der Waals surface area contributed by atoms with Crippen molar-refractivity contribution in [2.24, 2.45) is 10.5 Å². The number of allylic oxidation sites excluding steroid dienone is 2. The van der Waals surface area contributed by atoms with E-state index in [1.807, 2.05) is 0 Å². The first kappa shape index (κ1) is 12.3. The van der Waals surface area contributed by atoms with Crippen LogP contribution in [0.3, 0.4) is 0 Å². The zero-order valence-corrected chi connectivity index (χ0v) is 11.5. The van der Waals surface area contributed by atoms with E-state index in [1.54, 1.807) is 6.08 Å². The van der Waals surface area contributed by atoms with Crippen molar-refractivity contribution < 1.29 is 4.79 Å². The van der Waals surface area contributed by atoms with Crippen LogP contribution in [0.1, 0.15) is 53.9 Å². The third-order valence-electron chi connectivity index (χ3n) is 3.44. The van der Waals surface area contributed by atoms with Crippen molar-refractivity contribution in [3.63, 3.8) is 0 Å². The Kier molecular flexibility index (Phi) is 2.68. The van der Waals surface area contributed by atoms with E-state index in [4.69, 9.17) is 0 Å². The molecule has 0 unspecified atom stereocenters. The molecule has 0 amide bonds. The Morgan fingerprint density at radius 1 is 1.18 bits per heavy atom. The standard InChI is InChI=1S/C14H22N2O/c1-10-7-14(4,5)16(15-10)11-6-12(17)9-13(2,3)8-11/h6H,7-9H2,1-5H3. The lowest BCUT2D eigenvalue weighted by Gasteiger charge is -2.38. The van der Waals surface area contributed by atoms with Gasteiger partial charge in [0.15, 0.2) is 5.78 Å². The fourth-order valence-corrected chi connectivity index (χ4v) is 2.94. The van der Waals surface area contributed by atoms with Gasteiger partial charge in [-0.15, -0.1) is 0 Å². The minimum atomic E-state index is 0.00359. The molecule has 17 heavy (non-hydrogen) atoms. The number of carbonyl (C=O) groups is 1. The molecule has 1 aliphatic heterocycles. The van der Waals surface area contributed by atoms with Crippen LogP contribution in [0.2, 0.25) is 0 Å². The second-order valence-corrected chi connectivity index (χ2v) is 6.76. The second-order valence-electron chi connectivity index (χ2n) is 6.76. The monoisotopic (exact) mass is 234 g/mol. The molecule has 0 atom stereocenters. The molecule has 2 aliphatic rings. The maximum atomic E-state index is 11.8. The summed E-state index contributed by atoms with van der Waals surface area (Å²) in [7, 11) is 0. The summed E-state index contributed by atoms with van der Waals surface area (Å²) in [5, 5.41) is 6.65. The minimum absolute atomic E-state index is 0.00359. The van der Waals surface area contributed by atoms with Crippen LogP contribution in [0.15, 0.2) is 16.9 Å². The Balaban J connectivity index is 2.32. The van der Waals surface area contributed by atoms with E-state index in [1.165, 1.54) is 0 Å². The summed E-state index contributed by atoms with van der Waals surface area (Å²) < 4.78 is 0. The van der Waals surface area contributed by atoms with Crippen molar-refractivity contribution in [1.82, 2.24) is 5.01 Å². The smallest absolute Gasteiger partial charge is 0.158 e. The fourth-order valence-electron chi connectivity index (χ4n) is 2.94. The Morgan fingerprint density at radius 2 is 1.82 bits per heavy atom. The highest BCUT2D eigenvalue weighted by molar-refractivity contribution is 5.92. The molecule has 0 aromatic carbocycles. The first-order chi connectivity index (χ1) is 7.70. The molecule has 0 bridgehead atoms. The zero-order chi connectivity index (χ0) is 12.8. The molecule has 0 radical (unpaired) electrons. The molecular formula is C14H22N2O. The first-order valence-corrected chi connectivity index (χ1v) is 6.27. The van der Waals surface area contributed by atoms with Crippen molar-refractivity contribution in [2.75, 3.05) is 0 Å². The number of carbonyl (C=O) groups excluding carboxylic acids is 1. The van der Waals surface area contributed by atoms with Crippen molar-refractivity contribution in [3.8, 4) is 0 Å². The van der Waals surface area contributed by atoms with Gasteiger partial charge in [0.1, 0.15) is 0 Å². The van der Waals surface area contributed by atoms with E-state index in [-0.39, 0.29) is 16.7 Å². The Hall–Kier alpha value is -1.12. The van der Waals surface area contributed by atoms with Crippen LogP contribution >= 0.6 is 0 Å². The highest BCUT2D eigenvalue weighted by Crippen LogP contribution is 2.40. The molecule has 94 valence electrons. The van der Waals surface area contributed by atoms with Gasteiger partial charge in [0.05, 0.1) is 5.54 Å². The summed E-state index contributed by atoms with van der Waals surface area (Å²) in [4.78, 5) is 11.8. The molecule has 3 nitrogen and oxygen atoms in total. The van der Waals surface area contributed by atoms with Gasteiger partial charge in [-0.2, -0.15) is 5.10 Å². The van der Waals surface area contributed by atoms with Crippen molar-refractivity contribution in [1.29, 1.82) is 0 Å². The van der Waals surface area contributed by atoms with Gasteiger partial charge in [-0.3, -0.25) is 9.80 Å². The fraction of sp³-hybridized carbons (Fsp3) is 0.714. The van der Waals surface area contributed by atoms with Crippen molar-refractivity contribution in [3.05, 3.63) is 11.8 Å². The summed E-state index contributed by atoms with van der Waals surface area (Å²) in [5.41, 5.74) is 2.28. The van der Waals surface area contributed by atoms with E-state index in [9.17, 15) is 4.79 Å². The average Bonchev–Trinajstić information content (AvgIpc) is 2.35. The largest absolute Gasteiger partial charge is 0.295 e. The number of hydrazone groups is 1. The van der Waals surface area contributed by atoms with Gasteiger partial charge in [-0.25, -0.2) is 0 Å². The summed E-state index contributed by atoms with van der Waals surface area (Å²) in [6, 6.07) is 0. The number of rotatable bonds is 1. The lowest BCUT2D eigenvalue weighted by Crippen LogP contribution is -2.39. The van der Waals surface area contributed by atoms with Crippen LogP contribution < -0.4 is 0 Å². The van der Waals surface area contributed by atoms with Crippen LogP contribution in [0.4, 0.5) is 0 Å². The number of hydrogen-bond donors (Lipinski definition) is 0. The van der Waals surface area contributed by atoms with Gasteiger partial charge >= 0.3 is 0 Å². The second kappa shape index (κ2) is 3.69. The van der Waals surface area contributed by atoms with Gasteiger partial charge in [0.2, 0.25) is 0 Å². The van der Waals surface area contributed by atoms with Gasteiger partial charge in [-0.05, 0) is 32.6 Å². The maximum absolute atomic E-state index is 11.8. The summed E-state index contributed by atoms with van der Waals surface area (Å²) in [6.07, 6.45) is 4.33. The van der Waals surface area contributed by atoms with E-state index in [2.05, 4.69) is 44.7 Å². The van der Waals surface area contributed by atoms with Crippen LogP contribution in [-0.4, -0.2) is 22.0 Å². The quantitative estimate of drug-likeness (QED) is 0.698. The van der Waals surface area contributed by atoms with Crippen LogP contribution in [-0.2, 0) is 4.79 Å². The molecule has 1 heterocycles.